The van der Waals surface area contributed by atoms with Gasteiger partial charge in [-0.05, 0) is 37.3 Å². The standard InChI is InChI=1S/C21H35N3O3/c1-16(2)14-25-11-9-23-21(22-4)24-13-18-8-7-17(3)12-20(18)27-15-19-6-5-10-26-19/h7-8,12,16,19H,5-6,9-11,13-15H2,1-4H3,(H2,22,23,24). The van der Waals surface area contributed by atoms with Gasteiger partial charge in [0.1, 0.15) is 12.4 Å². The normalized spacial score (nSPS) is 17.4. The molecule has 1 aromatic rings. The van der Waals surface area contributed by atoms with E-state index in [1.807, 2.05) is 0 Å². The molecule has 1 saturated heterocycles. The van der Waals surface area contributed by atoms with Crippen LogP contribution >= 0.6 is 0 Å². The predicted molar refractivity (Wildman–Crippen MR) is 110 cm³/mol. The van der Waals surface area contributed by atoms with E-state index < -0.39 is 0 Å². The Balaban J connectivity index is 1.80. The first-order valence-electron chi connectivity index (χ1n) is 9.94. The second-order valence-corrected chi connectivity index (χ2v) is 7.38. The van der Waals surface area contributed by atoms with Crippen LogP contribution in [0.25, 0.3) is 0 Å². The van der Waals surface area contributed by atoms with Crippen LogP contribution in [0.1, 0.15) is 37.8 Å². The topological polar surface area (TPSA) is 64.1 Å². The van der Waals surface area contributed by atoms with Gasteiger partial charge in [0.2, 0.25) is 0 Å². The summed E-state index contributed by atoms with van der Waals surface area (Å²) in [6.07, 6.45) is 2.42. The quantitative estimate of drug-likeness (QED) is 0.373. The average Bonchev–Trinajstić information content (AvgIpc) is 3.16. The summed E-state index contributed by atoms with van der Waals surface area (Å²) in [5.41, 5.74) is 2.29. The van der Waals surface area contributed by atoms with E-state index >= 15 is 0 Å². The van der Waals surface area contributed by atoms with Gasteiger partial charge in [-0.2, -0.15) is 0 Å². The molecule has 27 heavy (non-hydrogen) atoms. The van der Waals surface area contributed by atoms with Crippen LogP contribution in [0.4, 0.5) is 0 Å². The first kappa shape index (κ1) is 21.5. The molecule has 1 aliphatic heterocycles. The van der Waals surface area contributed by atoms with E-state index in [0.29, 0.717) is 25.7 Å². The molecule has 0 bridgehead atoms. The van der Waals surface area contributed by atoms with Crippen LogP contribution in [0, 0.1) is 12.8 Å². The summed E-state index contributed by atoms with van der Waals surface area (Å²) < 4.78 is 17.3. The van der Waals surface area contributed by atoms with E-state index in [4.69, 9.17) is 14.2 Å². The molecule has 152 valence electrons. The number of hydrogen-bond acceptors (Lipinski definition) is 4. The molecule has 1 unspecified atom stereocenters. The predicted octanol–water partition coefficient (Wildman–Crippen LogP) is 2.89. The number of ether oxygens (including phenoxy) is 3. The maximum absolute atomic E-state index is 6.06. The molecule has 1 aromatic carbocycles. The Labute approximate surface area is 163 Å². The molecule has 0 aromatic heterocycles. The van der Waals surface area contributed by atoms with Crippen LogP contribution in [0.15, 0.2) is 23.2 Å². The molecule has 2 rings (SSSR count). The van der Waals surface area contributed by atoms with Crippen molar-refractivity contribution in [3.63, 3.8) is 0 Å². The fourth-order valence-electron chi connectivity index (χ4n) is 2.86. The summed E-state index contributed by atoms with van der Waals surface area (Å²) >= 11 is 0. The Morgan fingerprint density at radius 1 is 1.33 bits per heavy atom. The molecule has 0 spiro atoms. The molecule has 1 aliphatic rings. The number of nitrogens with zero attached hydrogens (tertiary/aromatic N) is 1. The third-order valence-corrected chi connectivity index (χ3v) is 4.33. The average molecular weight is 378 g/mol. The molecule has 6 nitrogen and oxygen atoms in total. The van der Waals surface area contributed by atoms with Crippen molar-refractivity contribution in [2.75, 3.05) is 40.0 Å². The first-order chi connectivity index (χ1) is 13.1. The van der Waals surface area contributed by atoms with E-state index in [1.54, 1.807) is 7.05 Å². The lowest BCUT2D eigenvalue weighted by atomic mass is 10.1. The molecule has 1 heterocycles. The van der Waals surface area contributed by atoms with Gasteiger partial charge in [-0.25, -0.2) is 0 Å². The van der Waals surface area contributed by atoms with Gasteiger partial charge in [0.25, 0.3) is 0 Å². The fraction of sp³-hybridized carbons (Fsp3) is 0.667. The van der Waals surface area contributed by atoms with Crippen LogP contribution in [-0.2, 0) is 16.0 Å². The lowest BCUT2D eigenvalue weighted by Gasteiger charge is -2.17. The summed E-state index contributed by atoms with van der Waals surface area (Å²) in [5, 5.41) is 6.62. The minimum atomic E-state index is 0.214. The molecular weight excluding hydrogens is 342 g/mol. The highest BCUT2D eigenvalue weighted by atomic mass is 16.5. The molecule has 1 fully saturated rings. The number of aryl methyl sites for hydroxylation is 1. The highest BCUT2D eigenvalue weighted by Crippen LogP contribution is 2.22. The Morgan fingerprint density at radius 2 is 2.19 bits per heavy atom. The van der Waals surface area contributed by atoms with Crippen molar-refractivity contribution < 1.29 is 14.2 Å². The van der Waals surface area contributed by atoms with Gasteiger partial charge >= 0.3 is 0 Å². The number of nitrogens with one attached hydrogen (secondary N) is 2. The smallest absolute Gasteiger partial charge is 0.191 e. The zero-order chi connectivity index (χ0) is 19.5. The summed E-state index contributed by atoms with van der Waals surface area (Å²) in [7, 11) is 1.77. The zero-order valence-electron chi connectivity index (χ0n) is 17.2. The fourth-order valence-corrected chi connectivity index (χ4v) is 2.86. The van der Waals surface area contributed by atoms with Crippen molar-refractivity contribution >= 4 is 5.96 Å². The van der Waals surface area contributed by atoms with Crippen molar-refractivity contribution in [1.29, 1.82) is 0 Å². The third kappa shape index (κ3) is 8.18. The molecule has 6 heteroatoms. The third-order valence-electron chi connectivity index (χ3n) is 4.33. The maximum Gasteiger partial charge on any atom is 0.191 e. The number of benzene rings is 1. The van der Waals surface area contributed by atoms with Gasteiger partial charge < -0.3 is 24.8 Å². The summed E-state index contributed by atoms with van der Waals surface area (Å²) in [6.45, 7) is 10.6. The Kier molecular flexibility index (Phi) is 9.42. The summed E-state index contributed by atoms with van der Waals surface area (Å²) in [4.78, 5) is 4.27. The van der Waals surface area contributed by atoms with Gasteiger partial charge in [-0.1, -0.05) is 26.0 Å². The minimum absolute atomic E-state index is 0.214. The molecule has 0 aliphatic carbocycles. The highest BCUT2D eigenvalue weighted by molar-refractivity contribution is 5.79. The Bertz CT molecular complexity index is 584. The SMILES string of the molecule is CN=C(NCCOCC(C)C)NCc1ccc(C)cc1OCC1CCCO1. The van der Waals surface area contributed by atoms with Gasteiger partial charge in [0, 0.05) is 38.9 Å². The summed E-state index contributed by atoms with van der Waals surface area (Å²) in [6, 6.07) is 6.29. The van der Waals surface area contributed by atoms with Crippen LogP contribution in [0.2, 0.25) is 0 Å². The maximum atomic E-state index is 6.06. The number of hydrogen-bond donors (Lipinski definition) is 2. The number of aliphatic imine (C=N–C) groups is 1. The van der Waals surface area contributed by atoms with E-state index in [2.05, 4.69) is 54.6 Å². The van der Waals surface area contributed by atoms with Crippen LogP contribution in [-0.4, -0.2) is 52.1 Å². The van der Waals surface area contributed by atoms with E-state index in [-0.39, 0.29) is 6.10 Å². The van der Waals surface area contributed by atoms with Crippen molar-refractivity contribution in [2.24, 2.45) is 10.9 Å². The van der Waals surface area contributed by atoms with E-state index in [1.165, 1.54) is 5.56 Å². The largest absolute Gasteiger partial charge is 0.491 e. The molecule has 0 amide bonds. The number of guanidine groups is 1. The molecule has 0 radical (unpaired) electrons. The Hall–Kier alpha value is -1.79. The van der Waals surface area contributed by atoms with Crippen LogP contribution in [0.5, 0.6) is 5.75 Å². The zero-order valence-corrected chi connectivity index (χ0v) is 17.2. The lowest BCUT2D eigenvalue weighted by molar-refractivity contribution is 0.0676. The number of rotatable bonds is 10. The van der Waals surface area contributed by atoms with Crippen molar-refractivity contribution in [3.8, 4) is 5.75 Å². The van der Waals surface area contributed by atoms with Crippen molar-refractivity contribution in [1.82, 2.24) is 10.6 Å². The van der Waals surface area contributed by atoms with E-state index in [9.17, 15) is 0 Å². The molecular formula is C21H35N3O3. The van der Waals surface area contributed by atoms with Gasteiger partial charge in [0.05, 0.1) is 12.7 Å². The van der Waals surface area contributed by atoms with E-state index in [0.717, 1.165) is 49.9 Å². The molecule has 1 atom stereocenters. The second-order valence-electron chi connectivity index (χ2n) is 7.38. The van der Waals surface area contributed by atoms with Gasteiger partial charge in [-0.3, -0.25) is 4.99 Å². The van der Waals surface area contributed by atoms with Crippen LogP contribution < -0.4 is 15.4 Å². The minimum Gasteiger partial charge on any atom is -0.491 e. The summed E-state index contributed by atoms with van der Waals surface area (Å²) in [5.74, 6) is 2.22. The van der Waals surface area contributed by atoms with Gasteiger partial charge in [-0.15, -0.1) is 0 Å². The van der Waals surface area contributed by atoms with Gasteiger partial charge in [0.15, 0.2) is 5.96 Å². The molecule has 2 N–H and O–H groups in total. The second kappa shape index (κ2) is 11.8. The Morgan fingerprint density at radius 3 is 2.89 bits per heavy atom. The highest BCUT2D eigenvalue weighted by Gasteiger charge is 2.17. The lowest BCUT2D eigenvalue weighted by Crippen LogP contribution is -2.38. The first-order valence-corrected chi connectivity index (χ1v) is 9.94. The van der Waals surface area contributed by atoms with Crippen molar-refractivity contribution in [3.05, 3.63) is 29.3 Å². The van der Waals surface area contributed by atoms with Crippen molar-refractivity contribution in [2.45, 2.75) is 46.3 Å². The molecule has 0 saturated carbocycles. The monoisotopic (exact) mass is 377 g/mol. The van der Waals surface area contributed by atoms with Crippen LogP contribution in [0.3, 0.4) is 0 Å².